The number of benzene rings is 2. The fraction of sp³-hybridized carbons (Fsp3) is 0.346. The molecule has 36 heavy (non-hydrogen) atoms. The lowest BCUT2D eigenvalue weighted by molar-refractivity contribution is -0.0178. The molecule has 0 aliphatic carbocycles. The Hall–Kier alpha value is -3.63. The van der Waals surface area contributed by atoms with Crippen LogP contribution in [0.2, 0.25) is 0 Å². The number of nitrogens with zero attached hydrogens (tertiary/aromatic N) is 2. The summed E-state index contributed by atoms with van der Waals surface area (Å²) < 4.78 is 33.3. The van der Waals surface area contributed by atoms with Crippen LogP contribution < -0.4 is 5.32 Å². The zero-order valence-corrected chi connectivity index (χ0v) is 19.9. The molecule has 0 radical (unpaired) electrons. The van der Waals surface area contributed by atoms with Crippen molar-refractivity contribution >= 4 is 11.9 Å². The van der Waals surface area contributed by atoms with Crippen LogP contribution >= 0.6 is 0 Å². The number of halogens is 2. The molecule has 1 aromatic heterocycles. The van der Waals surface area contributed by atoms with E-state index in [1.165, 1.54) is 20.0 Å². The second-order valence-corrected chi connectivity index (χ2v) is 9.00. The van der Waals surface area contributed by atoms with E-state index < -0.39 is 29.2 Å². The number of ketones is 1. The van der Waals surface area contributed by atoms with E-state index in [0.29, 0.717) is 18.5 Å². The number of piperidine rings is 1. The second kappa shape index (κ2) is 10.2. The van der Waals surface area contributed by atoms with Gasteiger partial charge in [-0.05, 0) is 49.6 Å². The summed E-state index contributed by atoms with van der Waals surface area (Å²) in [6.45, 7) is 2.25. The van der Waals surface area contributed by atoms with Gasteiger partial charge in [0.2, 0.25) is 0 Å². The summed E-state index contributed by atoms with van der Waals surface area (Å²) in [5.41, 5.74) is 0.304. The van der Waals surface area contributed by atoms with E-state index in [0.717, 1.165) is 22.6 Å². The maximum Gasteiger partial charge on any atom is 0.407 e. The Labute approximate surface area is 206 Å². The molecule has 4 rings (SSSR count). The van der Waals surface area contributed by atoms with Crippen LogP contribution in [0.15, 0.2) is 47.0 Å². The van der Waals surface area contributed by atoms with Gasteiger partial charge in [-0.2, -0.15) is 0 Å². The fourth-order valence-corrected chi connectivity index (χ4v) is 4.71. The minimum absolute atomic E-state index is 0.181. The number of Topliss-reactive ketones (excluding diaryl/α,β-unsaturated/α-hetero) is 1. The van der Waals surface area contributed by atoms with Crippen LogP contribution in [0.25, 0.3) is 11.3 Å². The van der Waals surface area contributed by atoms with Crippen LogP contribution in [0.4, 0.5) is 13.6 Å². The number of rotatable bonds is 7. The Balaban J connectivity index is 1.78. The normalized spacial score (nSPS) is 19.8. The number of hydrogen-bond acceptors (Lipinski definition) is 6. The lowest BCUT2D eigenvalue weighted by Gasteiger charge is -2.40. The molecule has 190 valence electrons. The summed E-state index contributed by atoms with van der Waals surface area (Å²) in [6, 6.07) is 10.4. The van der Waals surface area contributed by atoms with Crippen molar-refractivity contribution in [1.82, 2.24) is 15.4 Å². The van der Waals surface area contributed by atoms with Crippen LogP contribution in [0, 0.1) is 11.6 Å². The monoisotopic (exact) mass is 499 g/mol. The largest absolute Gasteiger partial charge is 0.465 e. The first-order chi connectivity index (χ1) is 17.1. The van der Waals surface area contributed by atoms with Crippen molar-refractivity contribution in [2.75, 3.05) is 26.7 Å². The Kier molecular flexibility index (Phi) is 7.18. The van der Waals surface area contributed by atoms with Gasteiger partial charge in [-0.1, -0.05) is 35.5 Å². The number of aliphatic hydroxyl groups is 1. The summed E-state index contributed by atoms with van der Waals surface area (Å²) in [6.07, 6.45) is -0.503. The van der Waals surface area contributed by atoms with Crippen LogP contribution in [-0.2, 0) is 12.0 Å². The van der Waals surface area contributed by atoms with Crippen molar-refractivity contribution in [3.8, 4) is 11.3 Å². The SMILES string of the molecule is CC(=O)c1c([C@H]2CNCC[C@]2(O)c2ccc(F)c(F)c2)noc1-c1ccccc1CCN(C)C(=O)O. The van der Waals surface area contributed by atoms with Crippen LogP contribution in [0.5, 0.6) is 0 Å². The first-order valence-electron chi connectivity index (χ1n) is 11.5. The van der Waals surface area contributed by atoms with Gasteiger partial charge in [0.1, 0.15) is 11.3 Å². The number of carbonyl (C=O) groups is 2. The third-order valence-electron chi connectivity index (χ3n) is 6.73. The van der Waals surface area contributed by atoms with Gasteiger partial charge in [0.25, 0.3) is 0 Å². The molecule has 0 bridgehead atoms. The molecule has 2 aromatic carbocycles. The predicted molar refractivity (Wildman–Crippen MR) is 127 cm³/mol. The molecule has 1 fully saturated rings. The van der Waals surface area contributed by atoms with Gasteiger partial charge in [-0.25, -0.2) is 13.6 Å². The van der Waals surface area contributed by atoms with Gasteiger partial charge in [0, 0.05) is 25.7 Å². The van der Waals surface area contributed by atoms with Crippen molar-refractivity contribution in [3.05, 3.63) is 76.5 Å². The Morgan fingerprint density at radius 3 is 2.67 bits per heavy atom. The van der Waals surface area contributed by atoms with E-state index in [9.17, 15) is 23.5 Å². The molecule has 8 nitrogen and oxygen atoms in total. The number of carbonyl (C=O) groups excluding carboxylic acids is 1. The van der Waals surface area contributed by atoms with E-state index in [1.54, 1.807) is 18.2 Å². The summed E-state index contributed by atoms with van der Waals surface area (Å²) in [5, 5.41) is 28.3. The highest BCUT2D eigenvalue weighted by Crippen LogP contribution is 2.44. The van der Waals surface area contributed by atoms with E-state index in [4.69, 9.17) is 9.63 Å². The van der Waals surface area contributed by atoms with Gasteiger partial charge >= 0.3 is 6.09 Å². The van der Waals surface area contributed by atoms with Gasteiger partial charge in [0.05, 0.1) is 11.5 Å². The molecule has 0 unspecified atom stereocenters. The Bertz CT molecular complexity index is 1290. The molecular weight excluding hydrogens is 472 g/mol. The van der Waals surface area contributed by atoms with E-state index in [-0.39, 0.29) is 47.9 Å². The van der Waals surface area contributed by atoms with E-state index >= 15 is 0 Å². The summed E-state index contributed by atoms with van der Waals surface area (Å²) in [4.78, 5) is 25.2. The third kappa shape index (κ3) is 4.74. The van der Waals surface area contributed by atoms with Gasteiger partial charge in [-0.3, -0.25) is 4.79 Å². The summed E-state index contributed by atoms with van der Waals surface area (Å²) in [5.74, 6) is -3.00. The summed E-state index contributed by atoms with van der Waals surface area (Å²) in [7, 11) is 1.47. The molecule has 3 N–H and O–H groups in total. The molecule has 0 saturated carbocycles. The Morgan fingerprint density at radius 2 is 1.97 bits per heavy atom. The molecule has 1 amide bonds. The van der Waals surface area contributed by atoms with Crippen LogP contribution in [-0.4, -0.2) is 58.8 Å². The first-order valence-corrected chi connectivity index (χ1v) is 11.5. The highest BCUT2D eigenvalue weighted by atomic mass is 19.2. The van der Waals surface area contributed by atoms with Crippen molar-refractivity contribution in [1.29, 1.82) is 0 Å². The molecule has 10 heteroatoms. The van der Waals surface area contributed by atoms with E-state index in [2.05, 4.69) is 10.5 Å². The first kappa shape index (κ1) is 25.5. The van der Waals surface area contributed by atoms with Crippen molar-refractivity contribution < 1.29 is 33.1 Å². The van der Waals surface area contributed by atoms with Gasteiger partial charge < -0.3 is 25.0 Å². The smallest absolute Gasteiger partial charge is 0.407 e. The highest BCUT2D eigenvalue weighted by molar-refractivity contribution is 6.01. The fourth-order valence-electron chi connectivity index (χ4n) is 4.71. The van der Waals surface area contributed by atoms with E-state index in [1.807, 2.05) is 6.07 Å². The zero-order valence-electron chi connectivity index (χ0n) is 19.9. The zero-order chi connectivity index (χ0) is 26.0. The third-order valence-corrected chi connectivity index (χ3v) is 6.73. The second-order valence-electron chi connectivity index (χ2n) is 9.00. The lowest BCUT2D eigenvalue weighted by Crippen LogP contribution is -2.47. The summed E-state index contributed by atoms with van der Waals surface area (Å²) >= 11 is 0. The standard InChI is InChI=1S/C26H27F2N3O5/c1-15(32)22-23(19-14-29-11-10-26(19,35)17-7-8-20(27)21(28)13-17)30-36-24(22)18-6-4-3-5-16(18)9-12-31(2)25(33)34/h3-8,13,19,29,35H,9-12,14H2,1-2H3,(H,33,34)/t19-,26+/m1/s1. The number of carboxylic acid groups (broad SMARTS) is 1. The molecular formula is C26H27F2N3O5. The molecule has 2 heterocycles. The number of nitrogens with one attached hydrogen (secondary N) is 1. The minimum atomic E-state index is -1.62. The minimum Gasteiger partial charge on any atom is -0.465 e. The highest BCUT2D eigenvalue weighted by Gasteiger charge is 2.45. The molecule has 1 aliphatic heterocycles. The van der Waals surface area contributed by atoms with Crippen LogP contribution in [0.1, 0.15) is 46.4 Å². The number of amides is 1. The molecule has 2 atom stereocenters. The maximum absolute atomic E-state index is 14.1. The predicted octanol–water partition coefficient (Wildman–Crippen LogP) is 3.94. The number of hydrogen-bond donors (Lipinski definition) is 3. The molecule has 0 spiro atoms. The quantitative estimate of drug-likeness (QED) is 0.422. The van der Waals surface area contributed by atoms with Gasteiger partial charge in [-0.15, -0.1) is 0 Å². The maximum atomic E-state index is 14.1. The number of aromatic nitrogens is 1. The van der Waals surface area contributed by atoms with Crippen LogP contribution in [0.3, 0.4) is 0 Å². The average molecular weight is 500 g/mol. The topological polar surface area (TPSA) is 116 Å². The Morgan fingerprint density at radius 1 is 1.22 bits per heavy atom. The van der Waals surface area contributed by atoms with Crippen molar-refractivity contribution in [2.24, 2.45) is 0 Å². The molecule has 1 saturated heterocycles. The average Bonchev–Trinajstić information content (AvgIpc) is 3.29. The lowest BCUT2D eigenvalue weighted by atomic mass is 9.73. The van der Waals surface area contributed by atoms with Crippen molar-refractivity contribution in [3.63, 3.8) is 0 Å². The molecule has 1 aliphatic rings. The van der Waals surface area contributed by atoms with Gasteiger partial charge in [0.15, 0.2) is 23.2 Å². The number of likely N-dealkylation sites (N-methyl/N-ethyl adjacent to an activating group) is 1. The molecule has 3 aromatic rings. The van der Waals surface area contributed by atoms with Crippen molar-refractivity contribution in [2.45, 2.75) is 31.3 Å².